The number of rotatable bonds is 6. The largest absolute Gasteiger partial charge is 0.328 e. The van der Waals surface area contributed by atoms with Gasteiger partial charge in [0.25, 0.3) is 5.91 Å². The van der Waals surface area contributed by atoms with E-state index < -0.39 is 6.04 Å². The van der Waals surface area contributed by atoms with Crippen LogP contribution in [0.5, 0.6) is 0 Å². The fraction of sp³-hybridized carbons (Fsp3) is 0.115. The highest BCUT2D eigenvalue weighted by Gasteiger charge is 2.34. The van der Waals surface area contributed by atoms with Crippen molar-refractivity contribution < 1.29 is 9.18 Å². The van der Waals surface area contributed by atoms with Crippen LogP contribution in [-0.4, -0.2) is 20.7 Å². The molecule has 1 amide bonds. The van der Waals surface area contributed by atoms with Crippen molar-refractivity contribution in [3.8, 4) is 0 Å². The lowest BCUT2D eigenvalue weighted by molar-refractivity contribution is -0.113. The second-order valence-electron chi connectivity index (χ2n) is 8.12. The summed E-state index contributed by atoms with van der Waals surface area (Å²) in [6, 6.07) is 19.9. The summed E-state index contributed by atoms with van der Waals surface area (Å²) in [6.45, 7) is 1.81. The summed E-state index contributed by atoms with van der Waals surface area (Å²) in [7, 11) is 0. The number of halogens is 3. The molecule has 0 aliphatic carbocycles. The van der Waals surface area contributed by atoms with Crippen molar-refractivity contribution in [3.05, 3.63) is 111 Å². The maximum Gasteiger partial charge on any atom is 0.255 e. The van der Waals surface area contributed by atoms with Crippen LogP contribution in [0.2, 0.25) is 10.0 Å². The summed E-state index contributed by atoms with van der Waals surface area (Å²) in [5.74, 6) is 0.394. The molecule has 1 aliphatic heterocycles. The highest BCUT2D eigenvalue weighted by atomic mass is 35.5. The highest BCUT2D eigenvalue weighted by Crippen LogP contribution is 2.37. The van der Waals surface area contributed by atoms with Gasteiger partial charge in [-0.2, -0.15) is 4.98 Å². The van der Waals surface area contributed by atoms with Gasteiger partial charge in [0.05, 0.1) is 5.57 Å². The molecule has 6 nitrogen and oxygen atoms in total. The van der Waals surface area contributed by atoms with Crippen LogP contribution in [0.3, 0.4) is 0 Å². The Balaban J connectivity index is 1.48. The van der Waals surface area contributed by atoms with E-state index in [1.54, 1.807) is 41.1 Å². The molecule has 2 N–H and O–H groups in total. The topological polar surface area (TPSA) is 71.8 Å². The van der Waals surface area contributed by atoms with E-state index >= 15 is 0 Å². The number of nitrogens with one attached hydrogen (secondary N) is 2. The number of carbonyl (C=O) groups is 1. The van der Waals surface area contributed by atoms with E-state index in [1.165, 1.54) is 23.9 Å². The van der Waals surface area contributed by atoms with E-state index in [0.29, 0.717) is 49.4 Å². The zero-order valence-corrected chi connectivity index (χ0v) is 21.3. The highest BCUT2D eigenvalue weighted by molar-refractivity contribution is 7.98. The molecule has 1 atom stereocenters. The number of anilines is 2. The maximum atomic E-state index is 13.7. The van der Waals surface area contributed by atoms with Gasteiger partial charge in [0, 0.05) is 27.2 Å². The number of thioether (sulfide) groups is 1. The molecule has 0 fully saturated rings. The number of allylic oxidation sites excluding steroid dienone is 1. The quantitative estimate of drug-likeness (QED) is 0.259. The third kappa shape index (κ3) is 5.11. The zero-order chi connectivity index (χ0) is 25.2. The van der Waals surface area contributed by atoms with Gasteiger partial charge < -0.3 is 10.6 Å². The van der Waals surface area contributed by atoms with Gasteiger partial charge in [-0.15, -0.1) is 5.10 Å². The normalized spacial score (nSPS) is 14.8. The van der Waals surface area contributed by atoms with Crippen LogP contribution < -0.4 is 10.6 Å². The molecule has 0 saturated heterocycles. The predicted octanol–water partition coefficient (Wildman–Crippen LogP) is 6.94. The number of amides is 1. The van der Waals surface area contributed by atoms with E-state index in [4.69, 9.17) is 28.3 Å². The lowest BCUT2D eigenvalue weighted by Gasteiger charge is -2.28. The predicted molar refractivity (Wildman–Crippen MR) is 142 cm³/mol. The van der Waals surface area contributed by atoms with Gasteiger partial charge >= 0.3 is 0 Å². The van der Waals surface area contributed by atoms with Crippen LogP contribution in [0.25, 0.3) is 0 Å². The van der Waals surface area contributed by atoms with Crippen LogP contribution >= 0.6 is 35.0 Å². The summed E-state index contributed by atoms with van der Waals surface area (Å²) in [5, 5.41) is 12.6. The van der Waals surface area contributed by atoms with Crippen LogP contribution in [0.15, 0.2) is 89.2 Å². The minimum atomic E-state index is -0.615. The molecule has 0 spiro atoms. The van der Waals surface area contributed by atoms with Gasteiger partial charge in [-0.05, 0) is 60.5 Å². The Kier molecular flexibility index (Phi) is 7.00. The first kappa shape index (κ1) is 24.4. The molecule has 5 rings (SSSR count). The van der Waals surface area contributed by atoms with Gasteiger partial charge in [0.1, 0.15) is 11.9 Å². The molecule has 3 aromatic carbocycles. The second-order valence-corrected chi connectivity index (χ2v) is 9.91. The Labute approximate surface area is 221 Å². The fourth-order valence-electron chi connectivity index (χ4n) is 3.93. The number of carbonyl (C=O) groups excluding carboxylic acids is 1. The molecular weight excluding hydrogens is 520 g/mol. The minimum Gasteiger partial charge on any atom is -0.328 e. The van der Waals surface area contributed by atoms with Crippen molar-refractivity contribution in [2.24, 2.45) is 0 Å². The molecule has 182 valence electrons. The summed E-state index contributed by atoms with van der Waals surface area (Å²) >= 11 is 13.7. The Morgan fingerprint density at radius 3 is 2.53 bits per heavy atom. The molecule has 0 bridgehead atoms. The van der Waals surface area contributed by atoms with Gasteiger partial charge in [0.15, 0.2) is 0 Å². The first-order valence-electron chi connectivity index (χ1n) is 11.0. The Hall–Kier alpha value is -3.33. The maximum absolute atomic E-state index is 13.7. The van der Waals surface area contributed by atoms with Crippen molar-refractivity contribution in [1.82, 2.24) is 14.8 Å². The number of aromatic nitrogens is 3. The van der Waals surface area contributed by atoms with E-state index in [2.05, 4.69) is 15.6 Å². The van der Waals surface area contributed by atoms with Crippen molar-refractivity contribution >= 4 is 52.5 Å². The number of hydrogen-bond acceptors (Lipinski definition) is 5. The van der Waals surface area contributed by atoms with Gasteiger partial charge in [-0.25, -0.2) is 9.07 Å². The van der Waals surface area contributed by atoms with Gasteiger partial charge in [-0.3, -0.25) is 4.79 Å². The first-order valence-corrected chi connectivity index (χ1v) is 12.8. The smallest absolute Gasteiger partial charge is 0.255 e. The molecule has 1 unspecified atom stereocenters. The molecule has 4 aromatic rings. The summed E-state index contributed by atoms with van der Waals surface area (Å²) in [5.41, 5.74) is 3.34. The molecule has 1 aromatic heterocycles. The van der Waals surface area contributed by atoms with Crippen molar-refractivity contribution in [2.45, 2.75) is 23.9 Å². The number of fused-ring (bicyclic) bond motifs is 1. The van der Waals surface area contributed by atoms with Crippen molar-refractivity contribution in [2.75, 3.05) is 10.6 Å². The first-order chi connectivity index (χ1) is 17.4. The zero-order valence-electron chi connectivity index (χ0n) is 19.0. The van der Waals surface area contributed by atoms with Crippen LogP contribution in [-0.2, 0) is 10.5 Å². The third-order valence-electron chi connectivity index (χ3n) is 5.68. The minimum absolute atomic E-state index is 0.317. The Morgan fingerprint density at radius 2 is 1.81 bits per heavy atom. The molecule has 10 heteroatoms. The van der Waals surface area contributed by atoms with Crippen molar-refractivity contribution in [1.29, 1.82) is 0 Å². The van der Waals surface area contributed by atoms with E-state index in [9.17, 15) is 9.18 Å². The fourth-order valence-corrected chi connectivity index (χ4v) is 5.17. The average Bonchev–Trinajstić information content (AvgIpc) is 3.27. The second kappa shape index (κ2) is 10.3. The van der Waals surface area contributed by atoms with Gasteiger partial charge in [-0.1, -0.05) is 65.3 Å². The lowest BCUT2D eigenvalue weighted by atomic mass is 9.95. The summed E-state index contributed by atoms with van der Waals surface area (Å²) < 4.78 is 15.4. The van der Waals surface area contributed by atoms with Crippen LogP contribution in [0, 0.1) is 5.82 Å². The lowest BCUT2D eigenvalue weighted by Crippen LogP contribution is -2.31. The van der Waals surface area contributed by atoms with Crippen molar-refractivity contribution in [3.63, 3.8) is 0 Å². The molecule has 1 aliphatic rings. The van der Waals surface area contributed by atoms with E-state index in [-0.39, 0.29) is 11.7 Å². The molecular formula is C26H20Cl2FN5OS. The number of benzene rings is 3. The average molecular weight is 540 g/mol. The number of nitrogens with zero attached hydrogens (tertiary/aromatic N) is 3. The van der Waals surface area contributed by atoms with Gasteiger partial charge in [0.2, 0.25) is 11.1 Å². The monoisotopic (exact) mass is 539 g/mol. The summed E-state index contributed by atoms with van der Waals surface area (Å²) in [6.07, 6.45) is 0. The molecule has 2 heterocycles. The molecule has 0 saturated carbocycles. The standard InChI is InChI=1S/C26H20Cl2FN5OS/c1-15-22(24(35)31-20-12-8-18(27)9-13-20)23(16-6-10-19(29)11-7-16)34-25(30-15)32-26(33-34)36-14-17-4-2-3-5-21(17)28/h2-13,23H,14H2,1H3,(H,31,35)(H,30,32,33). The van der Waals surface area contributed by atoms with Crippen LogP contribution in [0.1, 0.15) is 24.1 Å². The summed E-state index contributed by atoms with van der Waals surface area (Å²) in [4.78, 5) is 18.1. The third-order valence-corrected chi connectivity index (χ3v) is 7.19. The van der Waals surface area contributed by atoms with E-state index in [1.807, 2.05) is 31.2 Å². The SMILES string of the molecule is CC1=C(C(=O)Nc2ccc(Cl)cc2)C(c2ccc(F)cc2)n2nc(SCc3ccccc3Cl)nc2N1. The Morgan fingerprint density at radius 1 is 1.08 bits per heavy atom. The van der Waals surface area contributed by atoms with Crippen LogP contribution in [0.4, 0.5) is 16.0 Å². The Bertz CT molecular complexity index is 1450. The molecule has 36 heavy (non-hydrogen) atoms. The van der Waals surface area contributed by atoms with E-state index in [0.717, 1.165) is 5.56 Å². The number of hydrogen-bond donors (Lipinski definition) is 2. The molecule has 0 radical (unpaired) electrons.